The summed E-state index contributed by atoms with van der Waals surface area (Å²) < 4.78 is 4.54. The number of rotatable bonds is 1. The molecule has 0 bridgehead atoms. The van der Waals surface area contributed by atoms with E-state index in [2.05, 4.69) is 4.74 Å². The highest BCUT2D eigenvalue weighted by molar-refractivity contribution is 5.50. The van der Waals surface area contributed by atoms with Crippen molar-refractivity contribution >= 4 is 11.4 Å². The van der Waals surface area contributed by atoms with Crippen molar-refractivity contribution < 1.29 is 4.74 Å². The summed E-state index contributed by atoms with van der Waals surface area (Å²) in [5.41, 5.74) is 12.2. The van der Waals surface area contributed by atoms with Crippen molar-refractivity contribution in [3.8, 4) is 0 Å². The van der Waals surface area contributed by atoms with Crippen LogP contribution >= 0.6 is 0 Å². The first-order valence-corrected chi connectivity index (χ1v) is 3.80. The summed E-state index contributed by atoms with van der Waals surface area (Å²) in [7, 11) is 1.68. The highest BCUT2D eigenvalue weighted by atomic mass is 16.5. The Morgan fingerprint density at radius 1 is 1.25 bits per heavy atom. The molecule has 1 aromatic rings. The van der Waals surface area contributed by atoms with Gasteiger partial charge in [-0.1, -0.05) is 6.07 Å². The summed E-state index contributed by atoms with van der Waals surface area (Å²) in [6, 6.07) is 7.15. The molecule has 0 saturated carbocycles. The number of benzene rings is 1. The molecule has 0 aliphatic rings. The van der Waals surface area contributed by atoms with Crippen molar-refractivity contribution in [2.75, 3.05) is 25.2 Å². The van der Waals surface area contributed by atoms with Crippen molar-refractivity contribution in [3.05, 3.63) is 24.3 Å². The summed E-state index contributed by atoms with van der Waals surface area (Å²) in [4.78, 5) is 0. The van der Waals surface area contributed by atoms with Gasteiger partial charge in [-0.05, 0) is 25.1 Å². The van der Waals surface area contributed by atoms with E-state index < -0.39 is 0 Å². The van der Waals surface area contributed by atoms with Gasteiger partial charge in [0.25, 0.3) is 0 Å². The molecule has 3 heteroatoms. The monoisotopic (exact) mass is 168 g/mol. The molecule has 4 N–H and O–H groups in total. The molecule has 1 rings (SSSR count). The fourth-order valence-electron chi connectivity index (χ4n) is 0.559. The topological polar surface area (TPSA) is 61.3 Å². The fraction of sp³-hybridized carbons (Fsp3) is 0.333. The quantitative estimate of drug-likeness (QED) is 0.625. The standard InChI is InChI=1S/C6H8N2.C3H8O/c7-5-2-1-3-6(8)4-5;1-3-4-2/h1-4H,7-8H2;3H2,1-2H3. The Morgan fingerprint density at radius 2 is 1.67 bits per heavy atom. The minimum atomic E-state index is 0.713. The van der Waals surface area contributed by atoms with Gasteiger partial charge in [0.15, 0.2) is 0 Å². The predicted molar refractivity (Wildman–Crippen MR) is 52.8 cm³/mol. The highest BCUT2D eigenvalue weighted by Crippen LogP contribution is 2.06. The van der Waals surface area contributed by atoms with Crippen molar-refractivity contribution in [1.82, 2.24) is 0 Å². The van der Waals surface area contributed by atoms with Crippen LogP contribution in [0.3, 0.4) is 0 Å². The number of anilines is 2. The first-order valence-electron chi connectivity index (χ1n) is 3.80. The van der Waals surface area contributed by atoms with Gasteiger partial charge in [-0.3, -0.25) is 0 Å². The molecule has 0 aromatic heterocycles. The Hall–Kier alpha value is -1.22. The van der Waals surface area contributed by atoms with Crippen LogP contribution in [0.15, 0.2) is 24.3 Å². The summed E-state index contributed by atoms with van der Waals surface area (Å²) >= 11 is 0. The lowest BCUT2D eigenvalue weighted by Crippen LogP contribution is -1.87. The zero-order valence-electron chi connectivity index (χ0n) is 7.58. The number of nitrogens with two attached hydrogens (primary N) is 2. The van der Waals surface area contributed by atoms with Gasteiger partial charge in [0.2, 0.25) is 0 Å². The van der Waals surface area contributed by atoms with Gasteiger partial charge in [-0.25, -0.2) is 0 Å². The van der Waals surface area contributed by atoms with E-state index in [9.17, 15) is 0 Å². The predicted octanol–water partition coefficient (Wildman–Crippen LogP) is 1.50. The van der Waals surface area contributed by atoms with Crippen LogP contribution in [0.2, 0.25) is 0 Å². The van der Waals surface area contributed by atoms with Gasteiger partial charge >= 0.3 is 0 Å². The number of methoxy groups -OCH3 is 1. The molecule has 0 unspecified atom stereocenters. The Kier molecular flexibility index (Phi) is 5.83. The SMILES string of the molecule is CCOC.Nc1cccc(N)c1. The average Bonchev–Trinajstić information content (AvgIpc) is 2.04. The summed E-state index contributed by atoms with van der Waals surface area (Å²) in [6.45, 7) is 2.78. The Bertz CT molecular complexity index is 194. The molecule has 0 aliphatic carbocycles. The van der Waals surface area contributed by atoms with E-state index in [1.807, 2.05) is 13.0 Å². The van der Waals surface area contributed by atoms with Gasteiger partial charge in [0.05, 0.1) is 0 Å². The second-order valence-electron chi connectivity index (χ2n) is 2.25. The fourth-order valence-corrected chi connectivity index (χ4v) is 0.559. The minimum absolute atomic E-state index is 0.713. The van der Waals surface area contributed by atoms with Crippen molar-refractivity contribution in [2.45, 2.75) is 6.92 Å². The van der Waals surface area contributed by atoms with E-state index >= 15 is 0 Å². The van der Waals surface area contributed by atoms with Crippen LogP contribution in [0.4, 0.5) is 11.4 Å². The van der Waals surface area contributed by atoms with Gasteiger partial charge in [-0.2, -0.15) is 0 Å². The van der Waals surface area contributed by atoms with Crippen LogP contribution in [0.1, 0.15) is 6.92 Å². The maximum Gasteiger partial charge on any atom is 0.0433 e. The van der Waals surface area contributed by atoms with Gasteiger partial charge < -0.3 is 16.2 Å². The molecule has 12 heavy (non-hydrogen) atoms. The average molecular weight is 168 g/mol. The molecule has 0 aliphatic heterocycles. The van der Waals surface area contributed by atoms with Crippen molar-refractivity contribution in [2.24, 2.45) is 0 Å². The zero-order valence-corrected chi connectivity index (χ0v) is 7.58. The molecule has 0 fully saturated rings. The van der Waals surface area contributed by atoms with E-state index in [1.54, 1.807) is 25.3 Å². The molecule has 1 aromatic carbocycles. The summed E-state index contributed by atoms with van der Waals surface area (Å²) in [6.07, 6.45) is 0. The van der Waals surface area contributed by atoms with Crippen LogP contribution in [0, 0.1) is 0 Å². The molecule has 0 radical (unpaired) electrons. The van der Waals surface area contributed by atoms with Gasteiger partial charge in [0.1, 0.15) is 0 Å². The maximum absolute atomic E-state index is 5.38. The van der Waals surface area contributed by atoms with Crippen molar-refractivity contribution in [1.29, 1.82) is 0 Å². The molecule has 3 nitrogen and oxygen atoms in total. The van der Waals surface area contributed by atoms with Crippen LogP contribution < -0.4 is 11.5 Å². The van der Waals surface area contributed by atoms with Gasteiger partial charge in [-0.15, -0.1) is 0 Å². The first-order chi connectivity index (χ1) is 5.70. The molecule has 0 spiro atoms. The lowest BCUT2D eigenvalue weighted by molar-refractivity contribution is 0.215. The van der Waals surface area contributed by atoms with Crippen LogP contribution in [-0.2, 0) is 4.74 Å². The maximum atomic E-state index is 5.38. The third kappa shape index (κ3) is 5.56. The summed E-state index contributed by atoms with van der Waals surface area (Å²) in [5, 5.41) is 0. The second-order valence-corrected chi connectivity index (χ2v) is 2.25. The van der Waals surface area contributed by atoms with E-state index in [0.29, 0.717) is 11.4 Å². The smallest absolute Gasteiger partial charge is 0.0433 e. The second kappa shape index (κ2) is 6.49. The van der Waals surface area contributed by atoms with Crippen LogP contribution in [-0.4, -0.2) is 13.7 Å². The summed E-state index contributed by atoms with van der Waals surface area (Å²) in [5.74, 6) is 0. The highest BCUT2D eigenvalue weighted by Gasteiger charge is 1.81. The number of hydrogen-bond acceptors (Lipinski definition) is 3. The molecule has 0 amide bonds. The van der Waals surface area contributed by atoms with E-state index in [4.69, 9.17) is 11.5 Å². The Balaban J connectivity index is 0.000000261. The molecule has 68 valence electrons. The number of ether oxygens (including phenoxy) is 1. The van der Waals surface area contributed by atoms with Crippen LogP contribution in [0.25, 0.3) is 0 Å². The first kappa shape index (κ1) is 10.8. The zero-order chi connectivity index (χ0) is 9.40. The lowest BCUT2D eigenvalue weighted by Gasteiger charge is -1.91. The Labute approximate surface area is 73.3 Å². The van der Waals surface area contributed by atoms with E-state index in [1.165, 1.54) is 0 Å². The molecular weight excluding hydrogens is 152 g/mol. The third-order valence-corrected chi connectivity index (χ3v) is 1.20. The largest absolute Gasteiger partial charge is 0.399 e. The third-order valence-electron chi connectivity index (χ3n) is 1.20. The lowest BCUT2D eigenvalue weighted by atomic mass is 10.3. The molecule has 0 heterocycles. The molecule has 0 atom stereocenters. The Morgan fingerprint density at radius 3 is 1.83 bits per heavy atom. The number of nitrogen functional groups attached to an aromatic ring is 2. The minimum Gasteiger partial charge on any atom is -0.399 e. The normalized spacial score (nSPS) is 8.50. The molecule has 0 saturated heterocycles. The van der Waals surface area contributed by atoms with E-state index in [0.717, 1.165) is 6.61 Å². The van der Waals surface area contributed by atoms with Crippen LogP contribution in [0.5, 0.6) is 0 Å². The van der Waals surface area contributed by atoms with Gasteiger partial charge in [0, 0.05) is 25.1 Å². The van der Waals surface area contributed by atoms with E-state index in [-0.39, 0.29) is 0 Å². The molecular formula is C9H16N2O. The number of hydrogen-bond donors (Lipinski definition) is 2. The van der Waals surface area contributed by atoms with Crippen molar-refractivity contribution in [3.63, 3.8) is 0 Å².